The summed E-state index contributed by atoms with van der Waals surface area (Å²) in [5.41, 5.74) is 2.28. The molecule has 3 rings (SSSR count). The molecule has 0 fully saturated rings. The van der Waals surface area contributed by atoms with E-state index in [4.69, 9.17) is 11.6 Å². The lowest BCUT2D eigenvalue weighted by Gasteiger charge is -2.14. The van der Waals surface area contributed by atoms with Gasteiger partial charge in [0.15, 0.2) is 0 Å². The van der Waals surface area contributed by atoms with Crippen LogP contribution in [-0.2, 0) is 6.54 Å². The van der Waals surface area contributed by atoms with Crippen LogP contribution in [0.1, 0.15) is 23.4 Å². The molecule has 0 aliphatic heterocycles. The van der Waals surface area contributed by atoms with E-state index in [9.17, 15) is 0 Å². The van der Waals surface area contributed by atoms with Gasteiger partial charge in [-0.25, -0.2) is 9.67 Å². The molecule has 0 aliphatic rings. The summed E-state index contributed by atoms with van der Waals surface area (Å²) >= 11 is 7.58. The Kier molecular flexibility index (Phi) is 4.22. The first-order chi connectivity index (χ1) is 10.2. The predicted octanol–water partition coefficient (Wildman–Crippen LogP) is 4.21. The quantitative estimate of drug-likeness (QED) is 0.766. The SMILES string of the molecule is CC(Nc1ccc(Cn2cncn2)cc1)c1ccc(Cl)s1. The molecule has 2 heterocycles. The van der Waals surface area contributed by atoms with Crippen molar-refractivity contribution in [2.24, 2.45) is 0 Å². The Morgan fingerprint density at radius 3 is 2.67 bits per heavy atom. The molecule has 2 aromatic heterocycles. The summed E-state index contributed by atoms with van der Waals surface area (Å²) in [6.45, 7) is 2.86. The summed E-state index contributed by atoms with van der Waals surface area (Å²) < 4.78 is 2.63. The lowest BCUT2D eigenvalue weighted by atomic mass is 10.2. The van der Waals surface area contributed by atoms with Gasteiger partial charge in [0, 0.05) is 10.6 Å². The summed E-state index contributed by atoms with van der Waals surface area (Å²) in [7, 11) is 0. The molecular weight excluding hydrogens is 304 g/mol. The summed E-state index contributed by atoms with van der Waals surface area (Å²) in [6.07, 6.45) is 3.26. The molecule has 0 bridgehead atoms. The number of nitrogens with zero attached hydrogens (tertiary/aromatic N) is 3. The third kappa shape index (κ3) is 3.62. The first-order valence-corrected chi connectivity index (χ1v) is 7.83. The molecule has 0 saturated carbocycles. The second-order valence-electron chi connectivity index (χ2n) is 4.80. The molecular formula is C15H15ClN4S. The number of hydrogen-bond donors (Lipinski definition) is 1. The minimum atomic E-state index is 0.240. The molecule has 108 valence electrons. The summed E-state index contributed by atoms with van der Waals surface area (Å²) in [6, 6.07) is 12.6. The predicted molar refractivity (Wildman–Crippen MR) is 86.9 cm³/mol. The number of rotatable bonds is 5. The zero-order chi connectivity index (χ0) is 14.7. The largest absolute Gasteiger partial charge is 0.378 e. The Morgan fingerprint density at radius 1 is 1.24 bits per heavy atom. The van der Waals surface area contributed by atoms with E-state index >= 15 is 0 Å². The van der Waals surface area contributed by atoms with Crippen LogP contribution < -0.4 is 5.32 Å². The fraction of sp³-hybridized carbons (Fsp3) is 0.200. The van der Waals surface area contributed by atoms with Crippen LogP contribution in [0.25, 0.3) is 0 Å². The highest BCUT2D eigenvalue weighted by atomic mass is 35.5. The van der Waals surface area contributed by atoms with E-state index in [0.717, 1.165) is 16.6 Å². The standard InChI is InChI=1S/C15H15ClN4S/c1-11(14-6-7-15(16)21-14)19-13-4-2-12(3-5-13)8-20-10-17-9-18-20/h2-7,9-11,19H,8H2,1H3. The van der Waals surface area contributed by atoms with Gasteiger partial charge in [-0.3, -0.25) is 0 Å². The Bertz CT molecular complexity index is 691. The van der Waals surface area contributed by atoms with Crippen molar-refractivity contribution in [3.8, 4) is 0 Å². The number of hydrogen-bond acceptors (Lipinski definition) is 4. The summed E-state index contributed by atoms with van der Waals surface area (Å²) in [5.74, 6) is 0. The van der Waals surface area contributed by atoms with E-state index in [1.54, 1.807) is 28.7 Å². The van der Waals surface area contributed by atoms with Crippen molar-refractivity contribution in [3.05, 3.63) is 63.8 Å². The number of aromatic nitrogens is 3. The Hall–Kier alpha value is -1.85. The highest BCUT2D eigenvalue weighted by Crippen LogP contribution is 2.29. The molecule has 1 aromatic carbocycles. The molecule has 0 aliphatic carbocycles. The maximum absolute atomic E-state index is 5.97. The number of anilines is 1. The third-order valence-electron chi connectivity index (χ3n) is 3.17. The van der Waals surface area contributed by atoms with E-state index in [1.807, 2.05) is 6.07 Å². The van der Waals surface area contributed by atoms with E-state index in [0.29, 0.717) is 0 Å². The van der Waals surface area contributed by atoms with Gasteiger partial charge in [0.1, 0.15) is 12.7 Å². The fourth-order valence-corrected chi connectivity index (χ4v) is 3.15. The van der Waals surface area contributed by atoms with Gasteiger partial charge in [0.05, 0.1) is 16.9 Å². The fourth-order valence-electron chi connectivity index (χ4n) is 2.09. The highest BCUT2D eigenvalue weighted by molar-refractivity contribution is 7.16. The zero-order valence-electron chi connectivity index (χ0n) is 11.5. The first-order valence-electron chi connectivity index (χ1n) is 6.64. The number of halogens is 1. The van der Waals surface area contributed by atoms with Gasteiger partial charge in [-0.15, -0.1) is 11.3 Å². The molecule has 1 atom stereocenters. The van der Waals surface area contributed by atoms with E-state index < -0.39 is 0 Å². The van der Waals surface area contributed by atoms with Gasteiger partial charge in [0.2, 0.25) is 0 Å². The van der Waals surface area contributed by atoms with Crippen molar-refractivity contribution in [3.63, 3.8) is 0 Å². The van der Waals surface area contributed by atoms with E-state index in [-0.39, 0.29) is 6.04 Å². The molecule has 3 aromatic rings. The summed E-state index contributed by atoms with van der Waals surface area (Å²) in [4.78, 5) is 5.17. The van der Waals surface area contributed by atoms with Crippen LogP contribution in [0, 0.1) is 0 Å². The molecule has 0 saturated heterocycles. The Labute approximate surface area is 132 Å². The smallest absolute Gasteiger partial charge is 0.137 e. The van der Waals surface area contributed by atoms with Crippen LogP contribution in [-0.4, -0.2) is 14.8 Å². The molecule has 0 radical (unpaired) electrons. The molecule has 21 heavy (non-hydrogen) atoms. The number of nitrogens with one attached hydrogen (secondary N) is 1. The third-order valence-corrected chi connectivity index (χ3v) is 4.58. The maximum atomic E-state index is 5.97. The average Bonchev–Trinajstić information content (AvgIpc) is 3.12. The van der Waals surface area contributed by atoms with Crippen LogP contribution >= 0.6 is 22.9 Å². The minimum Gasteiger partial charge on any atom is -0.378 e. The van der Waals surface area contributed by atoms with Crippen LogP contribution in [0.2, 0.25) is 4.34 Å². The molecule has 6 heteroatoms. The zero-order valence-corrected chi connectivity index (χ0v) is 13.1. The van der Waals surface area contributed by atoms with Crippen LogP contribution in [0.15, 0.2) is 49.1 Å². The van der Waals surface area contributed by atoms with E-state index in [1.165, 1.54) is 10.4 Å². The topological polar surface area (TPSA) is 42.7 Å². The average molecular weight is 319 g/mol. The van der Waals surface area contributed by atoms with E-state index in [2.05, 4.69) is 52.7 Å². The minimum absolute atomic E-state index is 0.240. The van der Waals surface area contributed by atoms with Crippen LogP contribution in [0.4, 0.5) is 5.69 Å². The second kappa shape index (κ2) is 6.28. The van der Waals surface area contributed by atoms with Crippen LogP contribution in [0.5, 0.6) is 0 Å². The number of thiophene rings is 1. The molecule has 1 unspecified atom stereocenters. The second-order valence-corrected chi connectivity index (χ2v) is 6.54. The lowest BCUT2D eigenvalue weighted by molar-refractivity contribution is 0.685. The first kappa shape index (κ1) is 14.1. The van der Waals surface area contributed by atoms with Crippen molar-refractivity contribution < 1.29 is 0 Å². The van der Waals surface area contributed by atoms with Gasteiger partial charge in [0.25, 0.3) is 0 Å². The monoisotopic (exact) mass is 318 g/mol. The van der Waals surface area contributed by atoms with Crippen molar-refractivity contribution in [2.45, 2.75) is 19.5 Å². The molecule has 1 N–H and O–H groups in total. The van der Waals surface area contributed by atoms with Crippen LogP contribution in [0.3, 0.4) is 0 Å². The van der Waals surface area contributed by atoms with Crippen molar-refractivity contribution >= 4 is 28.6 Å². The van der Waals surface area contributed by atoms with Crippen molar-refractivity contribution in [1.29, 1.82) is 0 Å². The van der Waals surface area contributed by atoms with Gasteiger partial charge in [-0.2, -0.15) is 5.10 Å². The maximum Gasteiger partial charge on any atom is 0.137 e. The van der Waals surface area contributed by atoms with Gasteiger partial charge < -0.3 is 5.32 Å². The van der Waals surface area contributed by atoms with Crippen molar-refractivity contribution in [1.82, 2.24) is 14.8 Å². The lowest BCUT2D eigenvalue weighted by Crippen LogP contribution is -2.05. The van der Waals surface area contributed by atoms with Gasteiger partial charge in [-0.1, -0.05) is 23.7 Å². The number of benzene rings is 1. The Balaban J connectivity index is 1.64. The van der Waals surface area contributed by atoms with Crippen molar-refractivity contribution in [2.75, 3.05) is 5.32 Å². The molecule has 0 spiro atoms. The summed E-state index contributed by atoms with van der Waals surface area (Å²) in [5, 5.41) is 7.58. The Morgan fingerprint density at radius 2 is 2.05 bits per heavy atom. The highest BCUT2D eigenvalue weighted by Gasteiger charge is 2.08. The normalized spacial score (nSPS) is 12.3. The van der Waals surface area contributed by atoms with Gasteiger partial charge >= 0.3 is 0 Å². The molecule has 0 amide bonds. The molecule has 4 nitrogen and oxygen atoms in total. The van der Waals surface area contributed by atoms with Gasteiger partial charge in [-0.05, 0) is 36.8 Å².